The maximum atomic E-state index is 5.96. The first-order valence-corrected chi connectivity index (χ1v) is 7.12. The van der Waals surface area contributed by atoms with Gasteiger partial charge in [0.25, 0.3) is 0 Å². The minimum atomic E-state index is 0.562. The van der Waals surface area contributed by atoms with E-state index in [1.807, 2.05) is 6.92 Å². The van der Waals surface area contributed by atoms with Gasteiger partial charge < -0.3 is 10.6 Å². The Morgan fingerprint density at radius 3 is 2.37 bits per heavy atom. The van der Waals surface area contributed by atoms with Crippen molar-refractivity contribution in [1.29, 1.82) is 0 Å². The maximum Gasteiger partial charge on any atom is 0.150 e. The lowest BCUT2D eigenvalue weighted by Crippen LogP contribution is -2.03. The van der Waals surface area contributed by atoms with E-state index in [0.717, 1.165) is 22.5 Å². The smallest absolute Gasteiger partial charge is 0.150 e. The second-order valence-corrected chi connectivity index (χ2v) is 5.36. The summed E-state index contributed by atoms with van der Waals surface area (Å²) in [6, 6.07) is 5.22. The fourth-order valence-electron chi connectivity index (χ4n) is 1.51. The Labute approximate surface area is 129 Å². The van der Waals surface area contributed by atoms with E-state index in [9.17, 15) is 0 Å². The van der Waals surface area contributed by atoms with Crippen LogP contribution in [0.5, 0.6) is 0 Å². The summed E-state index contributed by atoms with van der Waals surface area (Å²) in [7, 11) is 0. The molecule has 0 saturated carbocycles. The molecule has 0 bridgehead atoms. The predicted molar refractivity (Wildman–Crippen MR) is 83.6 cm³/mol. The Balaban J connectivity index is 2.30. The zero-order valence-electron chi connectivity index (χ0n) is 10.0. The molecule has 2 N–H and O–H groups in total. The molecule has 2 aromatic rings. The lowest BCUT2D eigenvalue weighted by Gasteiger charge is -2.11. The number of aromatic nitrogens is 2. The van der Waals surface area contributed by atoms with Crippen LogP contribution in [0.4, 0.5) is 17.3 Å². The summed E-state index contributed by atoms with van der Waals surface area (Å²) in [5.41, 5.74) is 0.763. The minimum absolute atomic E-state index is 0.562. The van der Waals surface area contributed by atoms with E-state index in [2.05, 4.69) is 36.5 Å². The Kier molecular flexibility index (Phi) is 4.85. The normalized spacial score (nSPS) is 10.3. The molecule has 1 heterocycles. The molecule has 0 fully saturated rings. The first-order valence-electron chi connectivity index (χ1n) is 5.57. The molecular weight excluding hydrogens is 351 g/mol. The first kappa shape index (κ1) is 14.4. The van der Waals surface area contributed by atoms with E-state index in [0.29, 0.717) is 15.9 Å². The highest BCUT2D eigenvalue weighted by Gasteiger charge is 2.08. The van der Waals surface area contributed by atoms with Gasteiger partial charge >= 0.3 is 0 Å². The lowest BCUT2D eigenvalue weighted by molar-refractivity contribution is 1.10. The fraction of sp³-hybridized carbons (Fsp3) is 0.167. The molecule has 0 saturated heterocycles. The number of nitrogens with zero attached hydrogens (tertiary/aromatic N) is 2. The number of nitrogens with one attached hydrogen (secondary N) is 2. The van der Waals surface area contributed by atoms with Crippen LogP contribution in [-0.4, -0.2) is 16.5 Å². The van der Waals surface area contributed by atoms with Crippen LogP contribution in [-0.2, 0) is 0 Å². The van der Waals surface area contributed by atoms with Crippen LogP contribution in [0.1, 0.15) is 6.92 Å². The monoisotopic (exact) mass is 360 g/mol. The fourth-order valence-corrected chi connectivity index (χ4v) is 2.48. The molecule has 19 heavy (non-hydrogen) atoms. The highest BCUT2D eigenvalue weighted by molar-refractivity contribution is 9.10. The molecular formula is C12H11BrCl2N4. The molecule has 4 nitrogen and oxygen atoms in total. The number of halogens is 3. The van der Waals surface area contributed by atoms with Gasteiger partial charge in [-0.25, -0.2) is 9.97 Å². The van der Waals surface area contributed by atoms with E-state index in [4.69, 9.17) is 23.2 Å². The average Bonchev–Trinajstić information content (AvgIpc) is 2.33. The van der Waals surface area contributed by atoms with Crippen LogP contribution in [0.25, 0.3) is 0 Å². The van der Waals surface area contributed by atoms with Gasteiger partial charge in [-0.3, -0.25) is 0 Å². The molecule has 1 aromatic heterocycles. The highest BCUT2D eigenvalue weighted by atomic mass is 79.9. The SMILES string of the molecule is CCNc1ncnc(Nc2cc(Cl)cc(Cl)c2)c1Br. The van der Waals surface area contributed by atoms with Crippen molar-refractivity contribution in [2.75, 3.05) is 17.2 Å². The number of rotatable bonds is 4. The van der Waals surface area contributed by atoms with E-state index in [-0.39, 0.29) is 0 Å². The van der Waals surface area contributed by atoms with Gasteiger partial charge in [0, 0.05) is 22.3 Å². The molecule has 0 spiro atoms. The third kappa shape index (κ3) is 3.72. The second kappa shape index (κ2) is 6.41. The molecule has 0 radical (unpaired) electrons. The molecule has 0 unspecified atom stereocenters. The van der Waals surface area contributed by atoms with Crippen molar-refractivity contribution in [3.05, 3.63) is 39.0 Å². The quantitative estimate of drug-likeness (QED) is 0.827. The Hall–Kier alpha value is -1.04. The third-order valence-corrected chi connectivity index (χ3v) is 3.45. The van der Waals surface area contributed by atoms with Crippen molar-refractivity contribution in [3.63, 3.8) is 0 Å². The topological polar surface area (TPSA) is 49.8 Å². The Morgan fingerprint density at radius 1 is 1.11 bits per heavy atom. The lowest BCUT2D eigenvalue weighted by atomic mass is 10.3. The zero-order chi connectivity index (χ0) is 13.8. The Morgan fingerprint density at radius 2 is 1.74 bits per heavy atom. The predicted octanol–water partition coefficient (Wildman–Crippen LogP) is 4.72. The largest absolute Gasteiger partial charge is 0.369 e. The molecule has 0 aliphatic carbocycles. The van der Waals surface area contributed by atoms with Crippen LogP contribution in [0, 0.1) is 0 Å². The second-order valence-electron chi connectivity index (χ2n) is 3.70. The summed E-state index contributed by atoms with van der Waals surface area (Å²) < 4.78 is 0.757. The van der Waals surface area contributed by atoms with Crippen molar-refractivity contribution in [2.24, 2.45) is 0 Å². The molecule has 2 rings (SSSR count). The van der Waals surface area contributed by atoms with Crippen molar-refractivity contribution in [2.45, 2.75) is 6.92 Å². The zero-order valence-corrected chi connectivity index (χ0v) is 13.1. The molecule has 0 atom stereocenters. The maximum absolute atomic E-state index is 5.96. The third-order valence-electron chi connectivity index (χ3n) is 2.26. The molecule has 0 aliphatic rings. The molecule has 0 aliphatic heterocycles. The van der Waals surface area contributed by atoms with E-state index < -0.39 is 0 Å². The van der Waals surface area contributed by atoms with Crippen molar-refractivity contribution in [1.82, 2.24) is 9.97 Å². The summed E-state index contributed by atoms with van der Waals surface area (Å²) in [5, 5.41) is 7.40. The number of anilines is 3. The van der Waals surface area contributed by atoms with Crippen LogP contribution >= 0.6 is 39.1 Å². The van der Waals surface area contributed by atoms with Gasteiger partial charge in [0.1, 0.15) is 22.4 Å². The molecule has 0 amide bonds. The minimum Gasteiger partial charge on any atom is -0.369 e. The number of benzene rings is 1. The summed E-state index contributed by atoms with van der Waals surface area (Å²) in [4.78, 5) is 8.32. The van der Waals surface area contributed by atoms with E-state index in [1.165, 1.54) is 6.33 Å². The number of hydrogen-bond acceptors (Lipinski definition) is 4. The van der Waals surface area contributed by atoms with Gasteiger partial charge in [-0.2, -0.15) is 0 Å². The van der Waals surface area contributed by atoms with E-state index in [1.54, 1.807) is 18.2 Å². The highest BCUT2D eigenvalue weighted by Crippen LogP contribution is 2.30. The standard InChI is InChI=1S/C12H11BrCl2N4/c1-2-16-11-10(13)12(18-6-17-11)19-9-4-7(14)3-8(15)5-9/h3-6H,2H2,1H3,(H2,16,17,18,19). The first-order chi connectivity index (χ1) is 9.10. The van der Waals surface area contributed by atoms with Crippen molar-refractivity contribution >= 4 is 56.5 Å². The van der Waals surface area contributed by atoms with Crippen LogP contribution in [0.15, 0.2) is 29.0 Å². The van der Waals surface area contributed by atoms with Crippen LogP contribution in [0.3, 0.4) is 0 Å². The Bertz CT molecular complexity index is 572. The van der Waals surface area contributed by atoms with Crippen molar-refractivity contribution in [3.8, 4) is 0 Å². The van der Waals surface area contributed by atoms with Crippen molar-refractivity contribution < 1.29 is 0 Å². The number of hydrogen-bond donors (Lipinski definition) is 2. The molecule has 7 heteroatoms. The van der Waals surface area contributed by atoms with E-state index >= 15 is 0 Å². The summed E-state index contributed by atoms with van der Waals surface area (Å²) in [5.74, 6) is 1.37. The van der Waals surface area contributed by atoms with Gasteiger partial charge in [-0.1, -0.05) is 23.2 Å². The van der Waals surface area contributed by atoms with Gasteiger partial charge in [-0.15, -0.1) is 0 Å². The van der Waals surface area contributed by atoms with Gasteiger partial charge in [0.2, 0.25) is 0 Å². The molecule has 100 valence electrons. The average molecular weight is 362 g/mol. The van der Waals surface area contributed by atoms with Gasteiger partial charge in [0.05, 0.1) is 0 Å². The molecule has 1 aromatic carbocycles. The summed E-state index contributed by atoms with van der Waals surface area (Å²) in [6.07, 6.45) is 1.48. The summed E-state index contributed by atoms with van der Waals surface area (Å²) >= 11 is 15.4. The van der Waals surface area contributed by atoms with Crippen LogP contribution in [0.2, 0.25) is 10.0 Å². The summed E-state index contributed by atoms with van der Waals surface area (Å²) in [6.45, 7) is 2.77. The van der Waals surface area contributed by atoms with Gasteiger partial charge in [-0.05, 0) is 41.1 Å². The van der Waals surface area contributed by atoms with Gasteiger partial charge in [0.15, 0.2) is 0 Å². The van der Waals surface area contributed by atoms with Crippen LogP contribution < -0.4 is 10.6 Å².